The third kappa shape index (κ3) is 2.98. The van der Waals surface area contributed by atoms with E-state index in [0.29, 0.717) is 29.7 Å². The number of rotatable bonds is 4. The molecule has 150 valence electrons. The fourth-order valence-corrected chi connectivity index (χ4v) is 4.42. The summed E-state index contributed by atoms with van der Waals surface area (Å²) in [5.41, 5.74) is 9.36. The van der Waals surface area contributed by atoms with Gasteiger partial charge in [0.15, 0.2) is 0 Å². The van der Waals surface area contributed by atoms with E-state index in [0.717, 1.165) is 33.2 Å². The van der Waals surface area contributed by atoms with E-state index in [1.165, 1.54) is 0 Å². The molecular formula is C24H21ClN3O2+. The van der Waals surface area contributed by atoms with Gasteiger partial charge < -0.3 is 15.6 Å². The summed E-state index contributed by atoms with van der Waals surface area (Å²) in [6.07, 6.45) is 2.26. The molecule has 6 heteroatoms. The molecule has 0 fully saturated rings. The summed E-state index contributed by atoms with van der Waals surface area (Å²) < 4.78 is 8.18. The van der Waals surface area contributed by atoms with Gasteiger partial charge in [0, 0.05) is 29.0 Å². The number of nitrogens with two attached hydrogens (primary N) is 1. The molecular weight excluding hydrogens is 398 g/mol. The summed E-state index contributed by atoms with van der Waals surface area (Å²) in [6.45, 7) is 0.658. The van der Waals surface area contributed by atoms with E-state index in [9.17, 15) is 5.11 Å². The number of aryl methyl sites for hydroxylation is 1. The molecule has 0 saturated carbocycles. The van der Waals surface area contributed by atoms with Crippen LogP contribution in [0.4, 0.5) is 5.82 Å². The molecule has 0 bridgehead atoms. The monoisotopic (exact) mass is 418 g/mol. The van der Waals surface area contributed by atoms with Gasteiger partial charge in [-0.15, -0.1) is 0 Å². The van der Waals surface area contributed by atoms with Crippen molar-refractivity contribution in [3.8, 4) is 11.6 Å². The van der Waals surface area contributed by atoms with Crippen LogP contribution < -0.4 is 15.0 Å². The Labute approximate surface area is 179 Å². The number of aliphatic hydroxyl groups excluding tert-OH is 1. The van der Waals surface area contributed by atoms with Gasteiger partial charge in [0.2, 0.25) is 12.1 Å². The molecule has 4 aromatic rings. The highest BCUT2D eigenvalue weighted by molar-refractivity contribution is 6.31. The number of fused-ring (bicyclic) bond motifs is 4. The molecule has 0 amide bonds. The van der Waals surface area contributed by atoms with E-state index < -0.39 is 0 Å². The number of ether oxygens (including phenoxy) is 1. The van der Waals surface area contributed by atoms with Gasteiger partial charge in [-0.25, -0.2) is 4.57 Å². The van der Waals surface area contributed by atoms with Gasteiger partial charge in [0.1, 0.15) is 11.3 Å². The van der Waals surface area contributed by atoms with Crippen LogP contribution >= 0.6 is 11.6 Å². The van der Waals surface area contributed by atoms with Crippen LogP contribution in [0.5, 0.6) is 11.6 Å². The number of halogens is 1. The highest BCUT2D eigenvalue weighted by Gasteiger charge is 2.37. The largest absolute Gasteiger partial charge is 0.425 e. The fraction of sp³-hybridized carbons (Fsp3) is 0.167. The molecule has 0 aliphatic carbocycles. The molecule has 5 nitrogen and oxygen atoms in total. The molecule has 1 atom stereocenters. The lowest BCUT2D eigenvalue weighted by atomic mass is 9.82. The predicted octanol–water partition coefficient (Wildman–Crippen LogP) is 4.43. The van der Waals surface area contributed by atoms with Gasteiger partial charge >= 0.3 is 5.88 Å². The van der Waals surface area contributed by atoms with Crippen molar-refractivity contribution in [1.82, 2.24) is 4.98 Å². The minimum absolute atomic E-state index is 0.0861. The quantitative estimate of drug-likeness (QED) is 0.423. The predicted molar refractivity (Wildman–Crippen MR) is 117 cm³/mol. The number of nitrogens with zero attached hydrogens (tertiary/aromatic N) is 2. The highest BCUT2D eigenvalue weighted by atomic mass is 35.5. The summed E-state index contributed by atoms with van der Waals surface area (Å²) in [6, 6.07) is 20.1. The van der Waals surface area contributed by atoms with E-state index in [2.05, 4.69) is 29.2 Å². The average Bonchev–Trinajstić information content (AvgIpc) is 2.78. The average molecular weight is 419 g/mol. The van der Waals surface area contributed by atoms with Gasteiger partial charge in [-0.3, -0.25) is 0 Å². The fourth-order valence-electron chi connectivity index (χ4n) is 4.18. The maximum Gasteiger partial charge on any atom is 0.306 e. The van der Waals surface area contributed by atoms with E-state index >= 15 is 0 Å². The molecule has 0 spiro atoms. The van der Waals surface area contributed by atoms with Crippen molar-refractivity contribution >= 4 is 28.2 Å². The second kappa shape index (κ2) is 7.59. The molecule has 30 heavy (non-hydrogen) atoms. The third-order valence-corrected chi connectivity index (χ3v) is 5.96. The van der Waals surface area contributed by atoms with Crippen LogP contribution in [-0.2, 0) is 6.54 Å². The zero-order valence-corrected chi connectivity index (χ0v) is 17.0. The van der Waals surface area contributed by atoms with Crippen molar-refractivity contribution < 1.29 is 14.4 Å². The van der Waals surface area contributed by atoms with E-state index in [4.69, 9.17) is 22.1 Å². The Morgan fingerprint density at radius 2 is 1.83 bits per heavy atom. The van der Waals surface area contributed by atoms with E-state index in [1.54, 1.807) is 6.33 Å². The van der Waals surface area contributed by atoms with Crippen molar-refractivity contribution in [2.45, 2.75) is 18.9 Å². The first-order valence-electron chi connectivity index (χ1n) is 9.91. The van der Waals surface area contributed by atoms with Gasteiger partial charge in [-0.1, -0.05) is 71.2 Å². The Morgan fingerprint density at radius 3 is 2.67 bits per heavy atom. The second-order valence-corrected chi connectivity index (χ2v) is 7.79. The molecule has 1 aliphatic rings. The molecule has 2 heterocycles. The maximum absolute atomic E-state index is 9.24. The number of aromatic nitrogens is 2. The summed E-state index contributed by atoms with van der Waals surface area (Å²) in [5.74, 6) is 1.63. The van der Waals surface area contributed by atoms with Crippen LogP contribution in [0.25, 0.3) is 10.8 Å². The van der Waals surface area contributed by atoms with Crippen LogP contribution in [-0.4, -0.2) is 16.7 Å². The Morgan fingerprint density at radius 1 is 1.03 bits per heavy atom. The first-order valence-corrected chi connectivity index (χ1v) is 10.3. The standard InChI is InChI=1S/C24H20ClN3O2/c25-19-9-4-3-8-17(19)20-18-11-10-15-6-1-2-7-16(15)22(18)30-24-21(20)23(26)28(14-27-24)12-5-13-29/h1-4,6-11,14,20,26,29H,5,12-13H2/p+1/t20-/m1/s1. The minimum atomic E-state index is -0.212. The lowest BCUT2D eigenvalue weighted by Crippen LogP contribution is -2.40. The lowest BCUT2D eigenvalue weighted by molar-refractivity contribution is -0.686. The van der Waals surface area contributed by atoms with Crippen LogP contribution in [0.15, 0.2) is 67.0 Å². The Hall–Kier alpha value is -3.15. The normalized spacial score (nSPS) is 14.8. The first kappa shape index (κ1) is 18.9. The zero-order chi connectivity index (χ0) is 20.7. The SMILES string of the molecule is Nc1c2c(nc[n+]1CCCO)Oc1c(ccc3ccccc13)[C@H]2c1ccccc1Cl. The summed E-state index contributed by atoms with van der Waals surface area (Å²) in [5, 5.41) is 12.0. The number of hydrogen-bond acceptors (Lipinski definition) is 4. The maximum atomic E-state index is 9.24. The van der Waals surface area contributed by atoms with Crippen LogP contribution in [0, 0.1) is 0 Å². The summed E-state index contributed by atoms with van der Waals surface area (Å²) in [7, 11) is 0. The van der Waals surface area contributed by atoms with E-state index in [1.807, 2.05) is 41.0 Å². The van der Waals surface area contributed by atoms with Crippen LogP contribution in [0.3, 0.4) is 0 Å². The molecule has 0 radical (unpaired) electrons. The molecule has 1 aromatic heterocycles. The number of anilines is 1. The highest BCUT2D eigenvalue weighted by Crippen LogP contribution is 2.51. The molecule has 0 unspecified atom stereocenters. The van der Waals surface area contributed by atoms with Gasteiger partial charge in [0.05, 0.1) is 12.5 Å². The van der Waals surface area contributed by atoms with Crippen LogP contribution in [0.2, 0.25) is 5.02 Å². The zero-order valence-electron chi connectivity index (χ0n) is 16.3. The second-order valence-electron chi connectivity index (χ2n) is 7.38. The molecule has 3 N–H and O–H groups in total. The van der Waals surface area contributed by atoms with Crippen molar-refractivity contribution in [3.63, 3.8) is 0 Å². The molecule has 3 aromatic carbocycles. The molecule has 0 saturated heterocycles. The van der Waals surface area contributed by atoms with Crippen molar-refractivity contribution in [2.24, 2.45) is 0 Å². The Bertz CT molecular complexity index is 1260. The Kier molecular flexibility index (Phi) is 4.77. The van der Waals surface area contributed by atoms with Crippen molar-refractivity contribution in [2.75, 3.05) is 12.3 Å². The third-order valence-electron chi connectivity index (χ3n) is 5.61. The minimum Gasteiger partial charge on any atom is -0.425 e. The first-order chi connectivity index (χ1) is 14.7. The molecule has 5 rings (SSSR count). The van der Waals surface area contributed by atoms with Crippen molar-refractivity contribution in [3.05, 3.63) is 88.7 Å². The number of hydrogen-bond donors (Lipinski definition) is 2. The smallest absolute Gasteiger partial charge is 0.306 e. The van der Waals surface area contributed by atoms with Crippen molar-refractivity contribution in [1.29, 1.82) is 0 Å². The van der Waals surface area contributed by atoms with Crippen LogP contribution in [0.1, 0.15) is 29.0 Å². The topological polar surface area (TPSA) is 72.2 Å². The van der Waals surface area contributed by atoms with Gasteiger partial charge in [-0.2, -0.15) is 0 Å². The summed E-state index contributed by atoms with van der Waals surface area (Å²) >= 11 is 6.64. The number of nitrogen functional groups attached to an aromatic ring is 1. The number of benzene rings is 3. The Balaban J connectivity index is 1.79. The lowest BCUT2D eigenvalue weighted by Gasteiger charge is -2.28. The molecule has 1 aliphatic heterocycles. The number of aliphatic hydroxyl groups is 1. The summed E-state index contributed by atoms with van der Waals surface area (Å²) in [4.78, 5) is 4.58. The van der Waals surface area contributed by atoms with Gasteiger partial charge in [-0.05, 0) is 17.0 Å². The van der Waals surface area contributed by atoms with Gasteiger partial charge in [0.25, 0.3) is 0 Å². The van der Waals surface area contributed by atoms with E-state index in [-0.39, 0.29) is 12.5 Å².